The summed E-state index contributed by atoms with van der Waals surface area (Å²) in [4.78, 5) is 30.3. The van der Waals surface area contributed by atoms with Crippen LogP contribution in [0.25, 0.3) is 11.4 Å². The summed E-state index contributed by atoms with van der Waals surface area (Å²) in [5, 5.41) is 12.4. The number of rotatable bonds is 11. The van der Waals surface area contributed by atoms with Crippen LogP contribution in [0.4, 0.5) is 23.2 Å². The molecule has 13 heteroatoms. The molecule has 9 nitrogen and oxygen atoms in total. The summed E-state index contributed by atoms with van der Waals surface area (Å²) in [5.74, 6) is -1.79. The Morgan fingerprint density at radius 3 is 2.37 bits per heavy atom. The molecule has 1 fully saturated rings. The summed E-state index contributed by atoms with van der Waals surface area (Å²) >= 11 is 0. The van der Waals surface area contributed by atoms with Gasteiger partial charge in [-0.1, -0.05) is 37.3 Å². The molecule has 1 aliphatic carbocycles. The molecule has 0 radical (unpaired) electrons. The average Bonchev–Trinajstić information content (AvgIpc) is 3.43. The minimum atomic E-state index is -4.77. The van der Waals surface area contributed by atoms with Crippen LogP contribution in [0.2, 0.25) is 0 Å². The average molecular weight is 578 g/mol. The molecule has 2 atom stereocenters. The number of hydrogen-bond acceptors (Lipinski definition) is 7. The van der Waals surface area contributed by atoms with E-state index in [-0.39, 0.29) is 41.9 Å². The molecule has 2 amide bonds. The monoisotopic (exact) mass is 577 g/mol. The van der Waals surface area contributed by atoms with Crippen LogP contribution in [0, 0.1) is 11.7 Å². The molecular weight excluding hydrogens is 546 g/mol. The molecular formula is C28H31F4N5O4. The largest absolute Gasteiger partial charge is 0.573 e. The number of carbonyl (C=O) groups is 2. The Labute approximate surface area is 234 Å². The number of benzene rings is 2. The Kier molecular flexibility index (Phi) is 9.79. The molecule has 1 heterocycles. The normalized spacial score (nSPS) is 15.5. The summed E-state index contributed by atoms with van der Waals surface area (Å²) in [6.45, 7) is 2.04. The van der Waals surface area contributed by atoms with E-state index in [0.29, 0.717) is 17.7 Å². The van der Waals surface area contributed by atoms with Crippen molar-refractivity contribution in [3.63, 3.8) is 0 Å². The maximum atomic E-state index is 13.3. The summed E-state index contributed by atoms with van der Waals surface area (Å²) in [6.07, 6.45) is 0.846. The van der Waals surface area contributed by atoms with E-state index >= 15 is 0 Å². The van der Waals surface area contributed by atoms with Gasteiger partial charge in [0, 0.05) is 23.8 Å². The van der Waals surface area contributed by atoms with Crippen molar-refractivity contribution in [3.8, 4) is 17.1 Å². The molecule has 4 rings (SSSR count). The predicted octanol–water partition coefficient (Wildman–Crippen LogP) is 5.46. The molecule has 220 valence electrons. The van der Waals surface area contributed by atoms with Gasteiger partial charge >= 0.3 is 18.2 Å². The Hall–Kier alpha value is -4.16. The van der Waals surface area contributed by atoms with Crippen LogP contribution in [0.5, 0.6) is 5.75 Å². The highest BCUT2D eigenvalue weighted by Crippen LogP contribution is 2.28. The maximum Gasteiger partial charge on any atom is 0.573 e. The van der Waals surface area contributed by atoms with Gasteiger partial charge in [0.2, 0.25) is 11.7 Å². The number of carbonyl (C=O) groups excluding carboxylic acids is 2. The lowest BCUT2D eigenvalue weighted by atomic mass is 9.84. The highest BCUT2D eigenvalue weighted by molar-refractivity contribution is 5.94. The first-order chi connectivity index (χ1) is 19.6. The van der Waals surface area contributed by atoms with Crippen LogP contribution in [0.1, 0.15) is 56.1 Å². The van der Waals surface area contributed by atoms with Crippen molar-refractivity contribution in [1.82, 2.24) is 20.8 Å². The molecule has 0 aliphatic heterocycles. The third-order valence-corrected chi connectivity index (χ3v) is 6.73. The van der Waals surface area contributed by atoms with Gasteiger partial charge in [-0.05, 0) is 67.8 Å². The SMILES string of the molecule is C[C@@H](CNc1ccc(OC(F)(F)F)cc1)NC(=O)C(CC1CCCCC1)NC(=O)c1nc(-c2ccc(F)cc2)no1. The highest BCUT2D eigenvalue weighted by atomic mass is 19.4. The van der Waals surface area contributed by atoms with E-state index in [1.807, 2.05) is 0 Å². The first-order valence-electron chi connectivity index (χ1n) is 13.4. The number of ether oxygens (including phenoxy) is 1. The lowest BCUT2D eigenvalue weighted by molar-refractivity contribution is -0.274. The fourth-order valence-corrected chi connectivity index (χ4v) is 4.68. The molecule has 0 bridgehead atoms. The van der Waals surface area contributed by atoms with Crippen molar-refractivity contribution >= 4 is 17.5 Å². The molecule has 0 spiro atoms. The summed E-state index contributed by atoms with van der Waals surface area (Å²) < 4.78 is 59.3. The van der Waals surface area contributed by atoms with Crippen molar-refractivity contribution in [3.05, 3.63) is 60.2 Å². The zero-order valence-corrected chi connectivity index (χ0v) is 22.3. The minimum absolute atomic E-state index is 0.112. The number of halogens is 4. The van der Waals surface area contributed by atoms with E-state index in [4.69, 9.17) is 4.52 Å². The van der Waals surface area contributed by atoms with Gasteiger partial charge in [-0.2, -0.15) is 4.98 Å². The molecule has 1 aromatic heterocycles. The van der Waals surface area contributed by atoms with Crippen molar-refractivity contribution in [2.75, 3.05) is 11.9 Å². The van der Waals surface area contributed by atoms with E-state index in [9.17, 15) is 27.2 Å². The standard InChI is InChI=1S/C28H31F4N5O4/c1-17(16-33-21-11-13-22(14-12-21)40-28(30,31)32)34-25(38)23(15-18-5-3-2-4-6-18)35-26(39)27-36-24(37-41-27)19-7-9-20(29)10-8-19/h7-14,17-18,23,33H,2-6,15-16H2,1H3,(H,34,38)(H,35,39)/t17-,23?/m0/s1. The van der Waals surface area contributed by atoms with Crippen LogP contribution in [0.15, 0.2) is 53.1 Å². The predicted molar refractivity (Wildman–Crippen MR) is 141 cm³/mol. The van der Waals surface area contributed by atoms with Crippen LogP contribution < -0.4 is 20.7 Å². The molecule has 0 saturated heterocycles. The third kappa shape index (κ3) is 9.19. The van der Waals surface area contributed by atoms with Crippen LogP contribution in [-0.4, -0.2) is 46.9 Å². The van der Waals surface area contributed by atoms with Crippen LogP contribution in [-0.2, 0) is 4.79 Å². The van der Waals surface area contributed by atoms with Crippen molar-refractivity contribution in [2.45, 2.75) is 63.9 Å². The highest BCUT2D eigenvalue weighted by Gasteiger charge is 2.31. The Balaban J connectivity index is 1.36. The molecule has 1 unspecified atom stereocenters. The second-order valence-electron chi connectivity index (χ2n) is 10.1. The number of alkyl halides is 3. The fraction of sp³-hybridized carbons (Fsp3) is 0.429. The number of amides is 2. The molecule has 2 aromatic carbocycles. The number of aromatic nitrogens is 2. The van der Waals surface area contributed by atoms with Gasteiger partial charge < -0.3 is 25.2 Å². The third-order valence-electron chi connectivity index (χ3n) is 6.73. The quantitative estimate of drug-likeness (QED) is 0.259. The lowest BCUT2D eigenvalue weighted by Gasteiger charge is -2.27. The van der Waals surface area contributed by atoms with Crippen LogP contribution in [0.3, 0.4) is 0 Å². The second-order valence-corrected chi connectivity index (χ2v) is 10.1. The summed E-state index contributed by atoms with van der Waals surface area (Å²) in [6, 6.07) is 9.41. The van der Waals surface area contributed by atoms with E-state index in [2.05, 4.69) is 30.8 Å². The second kappa shape index (κ2) is 13.5. The van der Waals surface area contributed by atoms with E-state index in [0.717, 1.165) is 32.1 Å². The van der Waals surface area contributed by atoms with E-state index in [1.54, 1.807) is 6.92 Å². The van der Waals surface area contributed by atoms with Crippen molar-refractivity contribution in [1.29, 1.82) is 0 Å². The van der Waals surface area contributed by atoms with Gasteiger partial charge in [-0.25, -0.2) is 4.39 Å². The van der Waals surface area contributed by atoms with Gasteiger partial charge in [0.15, 0.2) is 0 Å². The van der Waals surface area contributed by atoms with Gasteiger partial charge in [0.1, 0.15) is 17.6 Å². The van der Waals surface area contributed by atoms with E-state index < -0.39 is 24.1 Å². The number of nitrogens with zero attached hydrogens (tertiary/aromatic N) is 2. The van der Waals surface area contributed by atoms with Crippen molar-refractivity contribution < 1.29 is 36.4 Å². The number of nitrogens with one attached hydrogen (secondary N) is 3. The molecule has 41 heavy (non-hydrogen) atoms. The topological polar surface area (TPSA) is 118 Å². The zero-order valence-electron chi connectivity index (χ0n) is 22.3. The molecule has 3 N–H and O–H groups in total. The summed E-state index contributed by atoms with van der Waals surface area (Å²) in [5.41, 5.74) is 1.01. The Morgan fingerprint density at radius 1 is 1.02 bits per heavy atom. The van der Waals surface area contributed by atoms with E-state index in [1.165, 1.54) is 48.5 Å². The van der Waals surface area contributed by atoms with Crippen molar-refractivity contribution in [2.24, 2.45) is 5.92 Å². The van der Waals surface area contributed by atoms with Crippen LogP contribution >= 0.6 is 0 Å². The fourth-order valence-electron chi connectivity index (χ4n) is 4.68. The zero-order chi connectivity index (χ0) is 29.4. The molecule has 1 saturated carbocycles. The Bertz CT molecular complexity index is 1290. The minimum Gasteiger partial charge on any atom is -0.406 e. The molecule has 1 aliphatic rings. The number of anilines is 1. The smallest absolute Gasteiger partial charge is 0.406 e. The Morgan fingerprint density at radius 2 is 1.71 bits per heavy atom. The van der Waals surface area contributed by atoms with Gasteiger partial charge in [0.25, 0.3) is 0 Å². The lowest BCUT2D eigenvalue weighted by Crippen LogP contribution is -2.51. The first-order valence-corrected chi connectivity index (χ1v) is 13.4. The van der Waals surface area contributed by atoms with Gasteiger partial charge in [0.05, 0.1) is 0 Å². The van der Waals surface area contributed by atoms with Gasteiger partial charge in [-0.3, -0.25) is 9.59 Å². The molecule has 3 aromatic rings. The first kappa shape index (κ1) is 29.8. The number of hydrogen-bond donors (Lipinski definition) is 3. The maximum absolute atomic E-state index is 13.3. The summed E-state index contributed by atoms with van der Waals surface area (Å²) in [7, 11) is 0. The van der Waals surface area contributed by atoms with Gasteiger partial charge in [-0.15, -0.1) is 13.2 Å².